The summed E-state index contributed by atoms with van der Waals surface area (Å²) in [5.41, 5.74) is 1.46. The molecule has 0 bridgehead atoms. The average molecular weight is 488 g/mol. The van der Waals surface area contributed by atoms with Crippen molar-refractivity contribution in [2.24, 2.45) is 0 Å². The Morgan fingerprint density at radius 2 is 1.94 bits per heavy atom. The number of anilines is 1. The van der Waals surface area contributed by atoms with Crippen LogP contribution in [0.5, 0.6) is 0 Å². The number of hydrogen-bond acceptors (Lipinski definition) is 7. The Morgan fingerprint density at radius 3 is 2.69 bits per heavy atom. The van der Waals surface area contributed by atoms with Gasteiger partial charge in [-0.2, -0.15) is 0 Å². The first-order valence-corrected chi connectivity index (χ1v) is 13.2. The lowest BCUT2D eigenvalue weighted by atomic mass is 10.1. The molecule has 1 N–H and O–H groups in total. The fourth-order valence-electron chi connectivity index (χ4n) is 4.39. The van der Waals surface area contributed by atoms with Gasteiger partial charge in [-0.3, -0.25) is 9.69 Å². The van der Waals surface area contributed by atoms with Crippen molar-refractivity contribution in [2.45, 2.75) is 29.9 Å². The Hall–Kier alpha value is -1.87. The summed E-state index contributed by atoms with van der Waals surface area (Å²) in [6.45, 7) is 3.93. The Bertz CT molecular complexity index is 1130. The number of piperazine rings is 1. The van der Waals surface area contributed by atoms with E-state index in [9.17, 15) is 4.79 Å². The van der Waals surface area contributed by atoms with E-state index in [4.69, 9.17) is 21.6 Å². The minimum Gasteiger partial charge on any atom is -0.358 e. The van der Waals surface area contributed by atoms with Gasteiger partial charge in [0.05, 0.1) is 17.7 Å². The van der Waals surface area contributed by atoms with Gasteiger partial charge in [-0.05, 0) is 49.1 Å². The number of aromatic nitrogens is 2. The zero-order valence-electron chi connectivity index (χ0n) is 18.1. The molecule has 168 valence electrons. The van der Waals surface area contributed by atoms with Crippen LogP contribution in [0.25, 0.3) is 10.2 Å². The highest BCUT2D eigenvalue weighted by Gasteiger charge is 2.27. The van der Waals surface area contributed by atoms with Gasteiger partial charge < -0.3 is 10.2 Å². The van der Waals surface area contributed by atoms with Crippen LogP contribution in [0.3, 0.4) is 0 Å². The van der Waals surface area contributed by atoms with E-state index in [1.807, 2.05) is 35.6 Å². The Morgan fingerprint density at radius 1 is 1.16 bits per heavy atom. The summed E-state index contributed by atoms with van der Waals surface area (Å²) < 4.78 is 0. The second kappa shape index (κ2) is 9.55. The summed E-state index contributed by atoms with van der Waals surface area (Å²) in [5, 5.41) is 4.73. The smallest absolute Gasteiger partial charge is 0.233 e. The topological polar surface area (TPSA) is 61.4 Å². The van der Waals surface area contributed by atoms with Crippen LogP contribution in [0.2, 0.25) is 5.02 Å². The van der Waals surface area contributed by atoms with Crippen LogP contribution in [0.4, 0.5) is 5.82 Å². The summed E-state index contributed by atoms with van der Waals surface area (Å²) in [7, 11) is 1.69. The van der Waals surface area contributed by atoms with Crippen molar-refractivity contribution in [3.63, 3.8) is 0 Å². The third-order valence-electron chi connectivity index (χ3n) is 6.09. The Labute approximate surface area is 201 Å². The molecule has 5 rings (SSSR count). The molecule has 9 heteroatoms. The SMILES string of the molecule is CNC(=O)CN1CCN(c2nc(CSc3ccc(Cl)cc3)nc3sc4c(c23)CCC4)CC1. The lowest BCUT2D eigenvalue weighted by Gasteiger charge is -2.35. The zero-order chi connectivity index (χ0) is 22.1. The number of nitrogens with zero attached hydrogens (tertiary/aromatic N) is 4. The largest absolute Gasteiger partial charge is 0.358 e. The predicted molar refractivity (Wildman–Crippen MR) is 133 cm³/mol. The average Bonchev–Trinajstić information content (AvgIpc) is 3.40. The standard InChI is InChI=1S/C23H26ClN5OS2/c1-25-20(30)13-28-9-11-29(12-10-28)22-21-17-3-2-4-18(17)32-23(21)27-19(26-22)14-31-16-7-5-15(24)6-8-16/h5-8H,2-4,9-14H2,1H3,(H,25,30). The molecule has 1 saturated heterocycles. The van der Waals surface area contributed by atoms with Crippen molar-refractivity contribution in [3.05, 3.63) is 45.6 Å². The molecule has 1 aliphatic heterocycles. The lowest BCUT2D eigenvalue weighted by molar-refractivity contribution is -0.121. The van der Waals surface area contributed by atoms with Gasteiger partial charge in [0.2, 0.25) is 5.91 Å². The van der Waals surface area contributed by atoms with E-state index < -0.39 is 0 Å². The van der Waals surface area contributed by atoms with Crippen LogP contribution in [-0.4, -0.2) is 60.5 Å². The second-order valence-corrected chi connectivity index (χ2v) is 10.7. The maximum atomic E-state index is 11.8. The third-order valence-corrected chi connectivity index (χ3v) is 8.54. The summed E-state index contributed by atoms with van der Waals surface area (Å²) in [5.74, 6) is 2.75. The van der Waals surface area contributed by atoms with Gasteiger partial charge in [0.25, 0.3) is 0 Å². The van der Waals surface area contributed by atoms with Gasteiger partial charge in [-0.25, -0.2) is 9.97 Å². The summed E-state index contributed by atoms with van der Waals surface area (Å²) in [6.07, 6.45) is 3.51. The number of aryl methyl sites for hydroxylation is 2. The minimum atomic E-state index is 0.0695. The van der Waals surface area contributed by atoms with Crippen molar-refractivity contribution < 1.29 is 4.79 Å². The van der Waals surface area contributed by atoms with Crippen LogP contribution in [0.1, 0.15) is 22.7 Å². The molecule has 1 amide bonds. The molecule has 0 saturated carbocycles. The number of carbonyl (C=O) groups excluding carboxylic acids is 1. The van der Waals surface area contributed by atoms with Crippen molar-refractivity contribution >= 4 is 56.6 Å². The van der Waals surface area contributed by atoms with Gasteiger partial charge in [-0.15, -0.1) is 23.1 Å². The molecular formula is C23H26ClN5OS2. The van der Waals surface area contributed by atoms with E-state index >= 15 is 0 Å². The van der Waals surface area contributed by atoms with Crippen molar-refractivity contribution in [3.8, 4) is 0 Å². The molecule has 32 heavy (non-hydrogen) atoms. The highest BCUT2D eigenvalue weighted by Crippen LogP contribution is 2.41. The number of thiophene rings is 1. The molecule has 3 heterocycles. The van der Waals surface area contributed by atoms with Gasteiger partial charge in [0.1, 0.15) is 16.5 Å². The first kappa shape index (κ1) is 21.9. The fourth-order valence-corrected chi connectivity index (χ4v) is 6.55. The van der Waals surface area contributed by atoms with Gasteiger partial charge in [-0.1, -0.05) is 11.6 Å². The molecular weight excluding hydrogens is 462 g/mol. The first-order chi connectivity index (χ1) is 15.6. The Kier molecular flexibility index (Phi) is 6.55. The monoisotopic (exact) mass is 487 g/mol. The van der Waals surface area contributed by atoms with Crippen molar-refractivity contribution in [1.29, 1.82) is 0 Å². The molecule has 3 aromatic rings. The summed E-state index contributed by atoms with van der Waals surface area (Å²) >= 11 is 9.60. The van der Waals surface area contributed by atoms with E-state index in [0.717, 1.165) is 71.2 Å². The first-order valence-electron chi connectivity index (χ1n) is 11.0. The number of amides is 1. The zero-order valence-corrected chi connectivity index (χ0v) is 20.5. The van der Waals surface area contributed by atoms with Gasteiger partial charge in [0.15, 0.2) is 0 Å². The fraction of sp³-hybridized carbons (Fsp3) is 0.435. The van der Waals surface area contributed by atoms with E-state index in [2.05, 4.69) is 15.1 Å². The highest BCUT2D eigenvalue weighted by molar-refractivity contribution is 7.98. The van der Waals surface area contributed by atoms with Crippen molar-refractivity contribution in [2.75, 3.05) is 44.7 Å². The molecule has 1 fully saturated rings. The predicted octanol–water partition coefficient (Wildman–Crippen LogP) is 3.99. The molecule has 1 aromatic carbocycles. The van der Waals surface area contributed by atoms with E-state index in [-0.39, 0.29) is 5.91 Å². The molecule has 1 aliphatic carbocycles. The number of rotatable bonds is 6. The molecule has 2 aliphatic rings. The van der Waals surface area contributed by atoms with Crippen LogP contribution >= 0.6 is 34.7 Å². The number of thioether (sulfide) groups is 1. The molecule has 0 atom stereocenters. The minimum absolute atomic E-state index is 0.0695. The molecule has 0 spiro atoms. The van der Waals surface area contributed by atoms with Crippen molar-refractivity contribution in [1.82, 2.24) is 20.2 Å². The Balaban J connectivity index is 1.40. The quantitative estimate of drug-likeness (QED) is 0.530. The van der Waals surface area contributed by atoms with Crippen LogP contribution < -0.4 is 10.2 Å². The van der Waals surface area contributed by atoms with E-state index in [1.54, 1.807) is 18.8 Å². The normalized spacial score (nSPS) is 16.5. The second-order valence-electron chi connectivity index (χ2n) is 8.18. The summed E-state index contributed by atoms with van der Waals surface area (Å²) in [4.78, 5) is 30.2. The highest BCUT2D eigenvalue weighted by atomic mass is 35.5. The van der Waals surface area contributed by atoms with E-state index in [1.165, 1.54) is 22.2 Å². The van der Waals surface area contributed by atoms with Gasteiger partial charge >= 0.3 is 0 Å². The molecule has 2 aromatic heterocycles. The number of hydrogen-bond donors (Lipinski definition) is 1. The molecule has 6 nitrogen and oxygen atoms in total. The molecule has 0 radical (unpaired) electrons. The summed E-state index contributed by atoms with van der Waals surface area (Å²) in [6, 6.07) is 7.92. The number of halogens is 1. The number of benzene rings is 1. The van der Waals surface area contributed by atoms with Crippen LogP contribution in [0, 0.1) is 0 Å². The van der Waals surface area contributed by atoms with Gasteiger partial charge in [0, 0.05) is 48.0 Å². The number of fused-ring (bicyclic) bond motifs is 3. The maximum absolute atomic E-state index is 11.8. The number of carbonyl (C=O) groups is 1. The molecule has 0 unspecified atom stereocenters. The number of nitrogens with one attached hydrogen (secondary N) is 1. The third kappa shape index (κ3) is 4.59. The van der Waals surface area contributed by atoms with Crippen LogP contribution in [-0.2, 0) is 23.4 Å². The maximum Gasteiger partial charge on any atom is 0.233 e. The van der Waals surface area contributed by atoms with E-state index in [0.29, 0.717) is 6.54 Å². The number of likely N-dealkylation sites (N-methyl/N-ethyl adjacent to an activating group) is 1. The lowest BCUT2D eigenvalue weighted by Crippen LogP contribution is -2.49. The van der Waals surface area contributed by atoms with Crippen LogP contribution in [0.15, 0.2) is 29.2 Å².